The first kappa shape index (κ1) is 10.4. The van der Waals surface area contributed by atoms with Gasteiger partial charge in [0.25, 0.3) is 0 Å². The molecule has 0 amide bonds. The average molecular weight is 245 g/mol. The highest BCUT2D eigenvalue weighted by atomic mass is 79.9. The number of halogens is 2. The lowest BCUT2D eigenvalue weighted by Crippen LogP contribution is -2.09. The Labute approximate surface area is 85.1 Å². The average Bonchev–Trinajstić information content (AvgIpc) is 2.17. The zero-order chi connectivity index (χ0) is 9.84. The maximum atomic E-state index is 12.6. The molecule has 0 radical (unpaired) electrons. The molecule has 0 aromatic heterocycles. The Bertz CT molecular complexity index is 283. The summed E-state index contributed by atoms with van der Waals surface area (Å²) in [6, 6.07) is 6.18. The molecule has 0 spiro atoms. The van der Waals surface area contributed by atoms with Crippen LogP contribution in [0.25, 0.3) is 0 Å². The van der Waals surface area contributed by atoms with Crippen LogP contribution >= 0.6 is 15.9 Å². The Morgan fingerprint density at radius 3 is 2.38 bits per heavy atom. The second-order valence-corrected chi connectivity index (χ2v) is 3.98. The number of carbonyl (C=O) groups is 1. The monoisotopic (exact) mass is 244 g/mol. The van der Waals surface area contributed by atoms with Crippen LogP contribution in [0.5, 0.6) is 0 Å². The summed E-state index contributed by atoms with van der Waals surface area (Å²) in [4.78, 5) is 10.3. The lowest BCUT2D eigenvalue weighted by atomic mass is 9.98. The lowest BCUT2D eigenvalue weighted by Gasteiger charge is -2.12. The van der Waals surface area contributed by atoms with Crippen LogP contribution in [0.2, 0.25) is 0 Å². The van der Waals surface area contributed by atoms with Crippen molar-refractivity contribution in [3.8, 4) is 0 Å². The molecular weight excluding hydrogens is 235 g/mol. The first-order valence-corrected chi connectivity index (χ1v) is 4.91. The number of aldehydes is 1. The van der Waals surface area contributed by atoms with Crippen LogP contribution in [0.4, 0.5) is 4.39 Å². The molecule has 0 aliphatic rings. The molecule has 1 rings (SSSR count). The van der Waals surface area contributed by atoms with Gasteiger partial charge in [0, 0.05) is 5.92 Å². The van der Waals surface area contributed by atoms with Gasteiger partial charge in [-0.15, -0.1) is 0 Å². The summed E-state index contributed by atoms with van der Waals surface area (Å²) >= 11 is 3.24. The Morgan fingerprint density at radius 1 is 1.38 bits per heavy atom. The van der Waals surface area contributed by atoms with Crippen LogP contribution in [-0.4, -0.2) is 11.1 Å². The van der Waals surface area contributed by atoms with Crippen molar-refractivity contribution in [2.24, 2.45) is 0 Å². The van der Waals surface area contributed by atoms with E-state index in [1.165, 1.54) is 12.1 Å². The van der Waals surface area contributed by atoms with Gasteiger partial charge in [-0.2, -0.15) is 0 Å². The van der Waals surface area contributed by atoms with E-state index in [9.17, 15) is 9.18 Å². The molecule has 3 heteroatoms. The highest BCUT2D eigenvalue weighted by Crippen LogP contribution is 2.23. The van der Waals surface area contributed by atoms with Gasteiger partial charge in [0.05, 0.1) is 4.83 Å². The molecule has 2 atom stereocenters. The van der Waals surface area contributed by atoms with Crippen LogP contribution in [0.15, 0.2) is 24.3 Å². The van der Waals surface area contributed by atoms with E-state index >= 15 is 0 Å². The first-order valence-electron chi connectivity index (χ1n) is 4.00. The second-order valence-electron chi connectivity index (χ2n) is 2.92. The van der Waals surface area contributed by atoms with Crippen molar-refractivity contribution in [2.45, 2.75) is 17.7 Å². The maximum Gasteiger partial charge on any atom is 0.134 e. The van der Waals surface area contributed by atoms with E-state index < -0.39 is 0 Å². The van der Waals surface area contributed by atoms with Crippen molar-refractivity contribution in [3.63, 3.8) is 0 Å². The van der Waals surface area contributed by atoms with E-state index in [1.807, 2.05) is 6.92 Å². The van der Waals surface area contributed by atoms with Crippen LogP contribution in [0, 0.1) is 5.82 Å². The standard InChI is InChI=1S/C10H10BrFO/c1-7(10(11)6-13)8-2-4-9(12)5-3-8/h2-7,10H,1H3. The van der Waals surface area contributed by atoms with Gasteiger partial charge >= 0.3 is 0 Å². The molecule has 0 heterocycles. The minimum atomic E-state index is -0.256. The first-order chi connectivity index (χ1) is 6.15. The molecule has 0 aliphatic carbocycles. The number of alkyl halides is 1. The van der Waals surface area contributed by atoms with Gasteiger partial charge in [-0.1, -0.05) is 35.0 Å². The summed E-state index contributed by atoms with van der Waals surface area (Å²) < 4.78 is 12.6. The van der Waals surface area contributed by atoms with Crippen LogP contribution in [0.1, 0.15) is 18.4 Å². The molecule has 0 bridgehead atoms. The van der Waals surface area contributed by atoms with Gasteiger partial charge in [-0.05, 0) is 17.7 Å². The Morgan fingerprint density at radius 2 is 1.92 bits per heavy atom. The highest BCUT2D eigenvalue weighted by Gasteiger charge is 2.14. The summed E-state index contributed by atoms with van der Waals surface area (Å²) in [5.74, 6) is -0.189. The normalized spacial score (nSPS) is 15.0. The topological polar surface area (TPSA) is 17.1 Å². The molecule has 70 valence electrons. The maximum absolute atomic E-state index is 12.6. The fourth-order valence-electron chi connectivity index (χ4n) is 1.07. The zero-order valence-electron chi connectivity index (χ0n) is 7.21. The Kier molecular flexibility index (Phi) is 3.60. The summed E-state index contributed by atoms with van der Waals surface area (Å²) in [5.41, 5.74) is 0.954. The second kappa shape index (κ2) is 4.51. The van der Waals surface area contributed by atoms with E-state index in [0.29, 0.717) is 0 Å². The van der Waals surface area contributed by atoms with Gasteiger partial charge < -0.3 is 4.79 Å². The van der Waals surface area contributed by atoms with Crippen molar-refractivity contribution in [2.75, 3.05) is 0 Å². The van der Waals surface area contributed by atoms with Crippen molar-refractivity contribution < 1.29 is 9.18 Å². The van der Waals surface area contributed by atoms with Crippen molar-refractivity contribution in [1.29, 1.82) is 0 Å². The van der Waals surface area contributed by atoms with Crippen molar-refractivity contribution in [1.82, 2.24) is 0 Å². The molecular formula is C10H10BrFO. The predicted molar refractivity (Wildman–Crippen MR) is 53.6 cm³/mol. The minimum Gasteiger partial charge on any atom is -0.302 e. The van der Waals surface area contributed by atoms with Crippen LogP contribution in [-0.2, 0) is 4.79 Å². The number of carbonyl (C=O) groups excluding carboxylic acids is 1. The van der Waals surface area contributed by atoms with E-state index in [-0.39, 0.29) is 16.6 Å². The third-order valence-corrected chi connectivity index (χ3v) is 3.01. The fraction of sp³-hybridized carbons (Fsp3) is 0.300. The lowest BCUT2D eigenvalue weighted by molar-refractivity contribution is -0.107. The summed E-state index contributed by atoms with van der Waals surface area (Å²) in [6.07, 6.45) is 0.841. The number of benzene rings is 1. The fourth-order valence-corrected chi connectivity index (χ4v) is 1.37. The van der Waals surface area contributed by atoms with E-state index in [4.69, 9.17) is 0 Å². The molecule has 1 aromatic carbocycles. The summed E-state index contributed by atoms with van der Waals surface area (Å²) in [6.45, 7) is 1.92. The third-order valence-electron chi connectivity index (χ3n) is 2.00. The quantitative estimate of drug-likeness (QED) is 0.591. The third kappa shape index (κ3) is 2.62. The Balaban J connectivity index is 2.82. The molecule has 13 heavy (non-hydrogen) atoms. The van der Waals surface area contributed by atoms with Gasteiger partial charge in [-0.3, -0.25) is 0 Å². The highest BCUT2D eigenvalue weighted by molar-refractivity contribution is 9.10. The number of hydrogen-bond acceptors (Lipinski definition) is 1. The largest absolute Gasteiger partial charge is 0.302 e. The molecule has 0 aliphatic heterocycles. The smallest absolute Gasteiger partial charge is 0.134 e. The van der Waals surface area contributed by atoms with Crippen molar-refractivity contribution >= 4 is 22.2 Å². The SMILES string of the molecule is CC(c1ccc(F)cc1)C(Br)C=O. The molecule has 1 nitrogen and oxygen atoms in total. The molecule has 0 saturated heterocycles. The van der Waals surface area contributed by atoms with Crippen LogP contribution in [0.3, 0.4) is 0 Å². The zero-order valence-corrected chi connectivity index (χ0v) is 8.79. The summed E-state index contributed by atoms with van der Waals surface area (Å²) in [5, 5.41) is 0. The minimum absolute atomic E-state index is 0.0677. The molecule has 0 fully saturated rings. The van der Waals surface area contributed by atoms with Gasteiger partial charge in [-0.25, -0.2) is 4.39 Å². The molecule has 0 saturated carbocycles. The van der Waals surface area contributed by atoms with Crippen molar-refractivity contribution in [3.05, 3.63) is 35.6 Å². The molecule has 0 N–H and O–H groups in total. The van der Waals surface area contributed by atoms with Gasteiger partial charge in [0.1, 0.15) is 12.1 Å². The van der Waals surface area contributed by atoms with Gasteiger partial charge in [0.2, 0.25) is 0 Å². The molecule has 2 unspecified atom stereocenters. The van der Waals surface area contributed by atoms with Crippen LogP contribution < -0.4 is 0 Å². The number of hydrogen-bond donors (Lipinski definition) is 0. The molecule has 1 aromatic rings. The van der Waals surface area contributed by atoms with E-state index in [1.54, 1.807) is 12.1 Å². The van der Waals surface area contributed by atoms with E-state index in [2.05, 4.69) is 15.9 Å². The van der Waals surface area contributed by atoms with Gasteiger partial charge in [0.15, 0.2) is 0 Å². The predicted octanol–water partition coefficient (Wildman–Crippen LogP) is 2.89. The summed E-state index contributed by atoms with van der Waals surface area (Å²) in [7, 11) is 0. The number of rotatable bonds is 3. The Hall–Kier alpha value is -0.700. The van der Waals surface area contributed by atoms with E-state index in [0.717, 1.165) is 11.8 Å².